The molecule has 0 spiro atoms. The topological polar surface area (TPSA) is 67.7 Å². The Labute approximate surface area is 182 Å². The summed E-state index contributed by atoms with van der Waals surface area (Å²) in [7, 11) is 1.97. The molecular formula is C25H28N6. The quantitative estimate of drug-likeness (QED) is 0.445. The lowest BCUT2D eigenvalue weighted by Gasteiger charge is -2.23. The highest BCUT2D eigenvalue weighted by Crippen LogP contribution is 2.25. The number of hydrogen-bond donors (Lipinski definition) is 2. The highest BCUT2D eigenvalue weighted by atomic mass is 15.2. The van der Waals surface area contributed by atoms with Crippen LogP contribution in [0.25, 0.3) is 22.3 Å². The first-order valence-corrected chi connectivity index (χ1v) is 11.1. The summed E-state index contributed by atoms with van der Waals surface area (Å²) in [6, 6.07) is 19.5. The monoisotopic (exact) mass is 412 g/mol. The number of benzene rings is 2. The van der Waals surface area contributed by atoms with E-state index in [1.165, 1.54) is 48.8 Å². The summed E-state index contributed by atoms with van der Waals surface area (Å²) in [5.41, 5.74) is 5.29. The van der Waals surface area contributed by atoms with E-state index in [9.17, 15) is 0 Å². The van der Waals surface area contributed by atoms with Gasteiger partial charge in [-0.25, -0.2) is 4.98 Å². The number of aromatic nitrogens is 4. The van der Waals surface area contributed by atoms with Gasteiger partial charge in [0, 0.05) is 19.6 Å². The Hall–Kier alpha value is -3.41. The van der Waals surface area contributed by atoms with Crippen molar-refractivity contribution in [2.45, 2.75) is 44.7 Å². The summed E-state index contributed by atoms with van der Waals surface area (Å²) < 4.78 is 1.95. The van der Waals surface area contributed by atoms with Crippen LogP contribution in [0.3, 0.4) is 0 Å². The van der Waals surface area contributed by atoms with Crippen molar-refractivity contribution in [3.05, 3.63) is 66.5 Å². The van der Waals surface area contributed by atoms with Crippen molar-refractivity contribution in [1.29, 1.82) is 0 Å². The van der Waals surface area contributed by atoms with E-state index in [4.69, 9.17) is 9.97 Å². The SMILES string of the molecule is Cn1cnc2c(NCc3ccc(-c4ccccc4)cc3)nc(NC3CCCCC3)nc21. The van der Waals surface area contributed by atoms with Crippen LogP contribution in [-0.2, 0) is 13.6 Å². The maximum atomic E-state index is 4.78. The number of nitrogens with one attached hydrogen (secondary N) is 2. The second-order valence-electron chi connectivity index (χ2n) is 8.32. The molecule has 0 bridgehead atoms. The summed E-state index contributed by atoms with van der Waals surface area (Å²) in [4.78, 5) is 14.0. The molecule has 2 N–H and O–H groups in total. The van der Waals surface area contributed by atoms with Crippen LogP contribution < -0.4 is 10.6 Å². The van der Waals surface area contributed by atoms with Gasteiger partial charge in [0.2, 0.25) is 5.95 Å². The first-order chi connectivity index (χ1) is 15.3. The molecule has 158 valence electrons. The molecule has 0 unspecified atom stereocenters. The van der Waals surface area contributed by atoms with E-state index in [2.05, 4.69) is 64.1 Å². The molecule has 1 aliphatic rings. The fourth-order valence-electron chi connectivity index (χ4n) is 4.26. The van der Waals surface area contributed by atoms with Gasteiger partial charge in [-0.2, -0.15) is 9.97 Å². The third-order valence-corrected chi connectivity index (χ3v) is 6.02. The van der Waals surface area contributed by atoms with Crippen LogP contribution in [0.5, 0.6) is 0 Å². The van der Waals surface area contributed by atoms with Crippen molar-refractivity contribution in [2.75, 3.05) is 10.6 Å². The van der Waals surface area contributed by atoms with Gasteiger partial charge in [0.15, 0.2) is 17.0 Å². The zero-order valence-electron chi connectivity index (χ0n) is 17.9. The van der Waals surface area contributed by atoms with Crippen molar-refractivity contribution >= 4 is 22.9 Å². The predicted molar refractivity (Wildman–Crippen MR) is 126 cm³/mol. The third-order valence-electron chi connectivity index (χ3n) is 6.02. The first kappa shape index (κ1) is 19.5. The minimum Gasteiger partial charge on any atom is -0.364 e. The lowest BCUT2D eigenvalue weighted by molar-refractivity contribution is 0.461. The lowest BCUT2D eigenvalue weighted by Crippen LogP contribution is -2.23. The number of anilines is 2. The van der Waals surface area contributed by atoms with Crippen molar-refractivity contribution in [3.63, 3.8) is 0 Å². The Bertz CT molecular complexity index is 1140. The minimum absolute atomic E-state index is 0.456. The summed E-state index contributed by atoms with van der Waals surface area (Å²) >= 11 is 0. The zero-order valence-corrected chi connectivity index (χ0v) is 17.9. The molecule has 6 nitrogen and oxygen atoms in total. The van der Waals surface area contributed by atoms with Crippen LogP contribution in [0.2, 0.25) is 0 Å². The molecule has 2 heterocycles. The van der Waals surface area contributed by atoms with Gasteiger partial charge in [-0.05, 0) is 29.5 Å². The van der Waals surface area contributed by atoms with Gasteiger partial charge in [-0.1, -0.05) is 73.9 Å². The fraction of sp³-hybridized carbons (Fsp3) is 0.320. The third kappa shape index (κ3) is 4.38. The number of hydrogen-bond acceptors (Lipinski definition) is 5. The second-order valence-corrected chi connectivity index (χ2v) is 8.32. The maximum Gasteiger partial charge on any atom is 0.227 e. The standard InChI is InChI=1S/C25H28N6/c1-31-17-27-22-23(29-25(30-24(22)31)28-21-10-6-3-7-11-21)26-16-18-12-14-20(15-13-18)19-8-4-2-5-9-19/h2,4-5,8-9,12-15,17,21H,3,6-7,10-11,16H2,1H3,(H2,26,28,29,30). The molecule has 2 aromatic carbocycles. The predicted octanol–water partition coefficient (Wildman–Crippen LogP) is 5.39. The normalized spacial score (nSPS) is 14.6. The number of imidazole rings is 1. The van der Waals surface area contributed by atoms with Crippen LogP contribution in [0.1, 0.15) is 37.7 Å². The molecule has 31 heavy (non-hydrogen) atoms. The number of fused-ring (bicyclic) bond motifs is 1. The molecule has 0 amide bonds. The maximum absolute atomic E-state index is 4.78. The first-order valence-electron chi connectivity index (χ1n) is 11.1. The van der Waals surface area contributed by atoms with E-state index in [1.807, 2.05) is 17.7 Å². The van der Waals surface area contributed by atoms with Gasteiger partial charge in [0.25, 0.3) is 0 Å². The Kier molecular flexibility index (Phi) is 5.52. The van der Waals surface area contributed by atoms with Gasteiger partial charge in [-0.15, -0.1) is 0 Å². The van der Waals surface area contributed by atoms with Crippen LogP contribution in [0.15, 0.2) is 60.9 Å². The highest BCUT2D eigenvalue weighted by Gasteiger charge is 2.17. The largest absolute Gasteiger partial charge is 0.364 e. The number of nitrogens with zero attached hydrogens (tertiary/aromatic N) is 4. The minimum atomic E-state index is 0.456. The highest BCUT2D eigenvalue weighted by molar-refractivity contribution is 5.84. The summed E-state index contributed by atoms with van der Waals surface area (Å²) in [5.74, 6) is 1.46. The molecule has 0 saturated heterocycles. The molecule has 5 rings (SSSR count). The van der Waals surface area contributed by atoms with E-state index in [1.54, 1.807) is 6.33 Å². The van der Waals surface area contributed by atoms with Crippen LogP contribution >= 0.6 is 0 Å². The molecule has 6 heteroatoms. The van der Waals surface area contributed by atoms with Gasteiger partial charge in [0.05, 0.1) is 6.33 Å². The van der Waals surface area contributed by atoms with Crippen LogP contribution in [-0.4, -0.2) is 25.6 Å². The van der Waals surface area contributed by atoms with Gasteiger partial charge < -0.3 is 15.2 Å². The van der Waals surface area contributed by atoms with Crippen molar-refractivity contribution in [3.8, 4) is 11.1 Å². The summed E-state index contributed by atoms with van der Waals surface area (Å²) in [6.07, 6.45) is 8.04. The Morgan fingerprint density at radius 3 is 2.42 bits per heavy atom. The second kappa shape index (κ2) is 8.76. The van der Waals surface area contributed by atoms with Crippen LogP contribution in [0.4, 0.5) is 11.8 Å². The van der Waals surface area contributed by atoms with Gasteiger partial charge in [-0.3, -0.25) is 0 Å². The molecule has 0 aliphatic heterocycles. The number of aryl methyl sites for hydroxylation is 1. The average Bonchev–Trinajstić information content (AvgIpc) is 3.20. The molecule has 1 fully saturated rings. The molecule has 1 saturated carbocycles. The smallest absolute Gasteiger partial charge is 0.227 e. The number of rotatable bonds is 6. The average molecular weight is 413 g/mol. The Balaban J connectivity index is 1.34. The van der Waals surface area contributed by atoms with Crippen molar-refractivity contribution < 1.29 is 0 Å². The van der Waals surface area contributed by atoms with Gasteiger partial charge in [0.1, 0.15) is 0 Å². The molecular weight excluding hydrogens is 384 g/mol. The molecule has 0 atom stereocenters. The van der Waals surface area contributed by atoms with E-state index >= 15 is 0 Å². The van der Waals surface area contributed by atoms with E-state index in [0.29, 0.717) is 18.5 Å². The van der Waals surface area contributed by atoms with E-state index < -0.39 is 0 Å². The molecule has 0 radical (unpaired) electrons. The summed E-state index contributed by atoms with van der Waals surface area (Å²) in [5, 5.41) is 7.04. The Morgan fingerprint density at radius 2 is 1.65 bits per heavy atom. The summed E-state index contributed by atoms with van der Waals surface area (Å²) in [6.45, 7) is 0.681. The van der Waals surface area contributed by atoms with Crippen LogP contribution in [0, 0.1) is 0 Å². The van der Waals surface area contributed by atoms with Crippen molar-refractivity contribution in [2.24, 2.45) is 7.05 Å². The van der Waals surface area contributed by atoms with Crippen molar-refractivity contribution in [1.82, 2.24) is 19.5 Å². The fourth-order valence-corrected chi connectivity index (χ4v) is 4.26. The zero-order chi connectivity index (χ0) is 21.0. The van der Waals surface area contributed by atoms with E-state index in [0.717, 1.165) is 17.0 Å². The van der Waals surface area contributed by atoms with E-state index in [-0.39, 0.29) is 0 Å². The molecule has 2 aromatic heterocycles. The molecule has 1 aliphatic carbocycles. The van der Waals surface area contributed by atoms with Gasteiger partial charge >= 0.3 is 0 Å². The molecule has 4 aromatic rings. The Morgan fingerprint density at radius 1 is 0.903 bits per heavy atom. The lowest BCUT2D eigenvalue weighted by atomic mass is 9.96.